The Morgan fingerprint density at radius 2 is 2.17 bits per heavy atom. The largest absolute Gasteiger partial charge is 0.494 e. The fourth-order valence-electron chi connectivity index (χ4n) is 3.30. The molecule has 1 atom stereocenters. The van der Waals surface area contributed by atoms with E-state index >= 15 is 0 Å². The molecule has 5 heteroatoms. The van der Waals surface area contributed by atoms with Crippen LogP contribution in [0.4, 0.5) is 17.1 Å². The van der Waals surface area contributed by atoms with Crippen molar-refractivity contribution in [1.29, 1.82) is 0 Å². The molecular formula is C18H15N3O2. The van der Waals surface area contributed by atoms with Crippen molar-refractivity contribution >= 4 is 29.0 Å². The summed E-state index contributed by atoms with van der Waals surface area (Å²) >= 11 is 0. The molecule has 2 heterocycles. The van der Waals surface area contributed by atoms with Gasteiger partial charge in [-0.1, -0.05) is 24.8 Å². The van der Waals surface area contributed by atoms with E-state index in [4.69, 9.17) is 4.74 Å². The van der Waals surface area contributed by atoms with Gasteiger partial charge >= 0.3 is 0 Å². The van der Waals surface area contributed by atoms with Gasteiger partial charge in [-0.25, -0.2) is 0 Å². The van der Waals surface area contributed by atoms with Crippen LogP contribution >= 0.6 is 0 Å². The molecule has 0 spiro atoms. The number of benzene rings is 2. The summed E-state index contributed by atoms with van der Waals surface area (Å²) in [5.41, 5.74) is 5.08. The molecule has 0 aliphatic carbocycles. The monoisotopic (exact) mass is 305 g/mol. The summed E-state index contributed by atoms with van der Waals surface area (Å²) in [7, 11) is 1.52. The van der Waals surface area contributed by atoms with E-state index in [1.54, 1.807) is 12.1 Å². The van der Waals surface area contributed by atoms with Crippen molar-refractivity contribution in [3.05, 3.63) is 59.0 Å². The molecule has 2 aromatic carbocycles. The van der Waals surface area contributed by atoms with Crippen LogP contribution in [0.5, 0.6) is 5.75 Å². The Balaban J connectivity index is 1.88. The quantitative estimate of drug-likeness (QED) is 0.781. The van der Waals surface area contributed by atoms with Crippen molar-refractivity contribution in [2.24, 2.45) is 10.2 Å². The molecule has 4 rings (SSSR count). The Kier molecular flexibility index (Phi) is 3.01. The van der Waals surface area contributed by atoms with Crippen LogP contribution in [-0.2, 0) is 6.42 Å². The van der Waals surface area contributed by atoms with Crippen molar-refractivity contribution < 1.29 is 4.74 Å². The normalized spacial score (nSPS) is 18.0. The first-order valence-corrected chi connectivity index (χ1v) is 7.39. The standard InChI is InChI=1S/C18H15N3O2/c1-11-14-8-18(23-2)16(20-22)9-15(14)19-10-13-7-12-5-3-4-6-17(12)21(11)13/h3-6,8-10,13H,1,7H2,2H3. The van der Waals surface area contributed by atoms with Gasteiger partial charge in [-0.05, 0) is 28.9 Å². The van der Waals surface area contributed by atoms with Crippen LogP contribution in [0.25, 0.3) is 5.70 Å². The minimum Gasteiger partial charge on any atom is -0.494 e. The van der Waals surface area contributed by atoms with E-state index in [1.165, 1.54) is 12.7 Å². The zero-order valence-electron chi connectivity index (χ0n) is 12.7. The van der Waals surface area contributed by atoms with Crippen molar-refractivity contribution in [2.75, 3.05) is 12.0 Å². The van der Waals surface area contributed by atoms with E-state index in [9.17, 15) is 4.91 Å². The molecule has 0 saturated heterocycles. The molecule has 5 nitrogen and oxygen atoms in total. The second-order valence-electron chi connectivity index (χ2n) is 5.63. The Labute approximate surface area is 133 Å². The molecular weight excluding hydrogens is 290 g/mol. The summed E-state index contributed by atoms with van der Waals surface area (Å²) in [4.78, 5) is 17.7. The number of hydrogen-bond acceptors (Lipinski definition) is 5. The van der Waals surface area contributed by atoms with Crippen molar-refractivity contribution in [3.63, 3.8) is 0 Å². The minimum absolute atomic E-state index is 0.130. The number of nitroso groups, excluding NO2 is 1. The van der Waals surface area contributed by atoms with E-state index in [1.807, 2.05) is 18.3 Å². The highest BCUT2D eigenvalue weighted by Gasteiger charge is 2.33. The highest BCUT2D eigenvalue weighted by atomic mass is 16.5. The Bertz CT molecular complexity index is 857. The number of anilines is 1. The van der Waals surface area contributed by atoms with E-state index in [0.717, 1.165) is 23.4 Å². The predicted molar refractivity (Wildman–Crippen MR) is 92.0 cm³/mol. The number of ether oxygens (including phenoxy) is 1. The molecule has 0 N–H and O–H groups in total. The third kappa shape index (κ3) is 1.97. The maximum Gasteiger partial charge on any atom is 0.152 e. The van der Waals surface area contributed by atoms with E-state index in [-0.39, 0.29) is 11.7 Å². The van der Waals surface area contributed by atoms with E-state index in [0.29, 0.717) is 11.4 Å². The molecule has 0 aromatic heterocycles. The minimum atomic E-state index is 0.130. The van der Waals surface area contributed by atoms with Gasteiger partial charge in [0.25, 0.3) is 0 Å². The molecule has 2 aliphatic heterocycles. The predicted octanol–water partition coefficient (Wildman–Crippen LogP) is 4.21. The van der Waals surface area contributed by atoms with Crippen molar-refractivity contribution in [2.45, 2.75) is 12.5 Å². The van der Waals surface area contributed by atoms with Gasteiger partial charge in [0, 0.05) is 29.6 Å². The van der Waals surface area contributed by atoms with Crippen molar-refractivity contribution in [1.82, 2.24) is 0 Å². The average molecular weight is 305 g/mol. The van der Waals surface area contributed by atoms with Crippen LogP contribution in [0.1, 0.15) is 11.1 Å². The first kappa shape index (κ1) is 13.7. The SMILES string of the molecule is C=C1c2cc(OC)c(N=O)cc2N=CC2Cc3ccccc3N12. The van der Waals surface area contributed by atoms with Crippen LogP contribution < -0.4 is 9.64 Å². The molecule has 114 valence electrons. The lowest BCUT2D eigenvalue weighted by molar-refractivity contribution is 0.416. The van der Waals surface area contributed by atoms with Gasteiger partial charge in [0.1, 0.15) is 5.75 Å². The molecule has 0 fully saturated rings. The zero-order valence-corrected chi connectivity index (χ0v) is 12.7. The van der Waals surface area contributed by atoms with Gasteiger partial charge in [-0.15, -0.1) is 4.91 Å². The highest BCUT2D eigenvalue weighted by Crippen LogP contribution is 2.44. The number of methoxy groups -OCH3 is 1. The number of hydrogen-bond donors (Lipinski definition) is 0. The van der Waals surface area contributed by atoms with Gasteiger partial charge < -0.3 is 9.64 Å². The van der Waals surface area contributed by atoms with Crippen LogP contribution in [0, 0.1) is 4.91 Å². The molecule has 23 heavy (non-hydrogen) atoms. The third-order valence-electron chi connectivity index (χ3n) is 4.39. The topological polar surface area (TPSA) is 54.3 Å². The van der Waals surface area contributed by atoms with Crippen LogP contribution in [-0.4, -0.2) is 19.4 Å². The summed E-state index contributed by atoms with van der Waals surface area (Å²) in [6.45, 7) is 4.27. The molecule has 2 aliphatic rings. The van der Waals surface area contributed by atoms with E-state index in [2.05, 4.69) is 33.8 Å². The molecule has 1 unspecified atom stereocenters. The van der Waals surface area contributed by atoms with Crippen LogP contribution in [0.2, 0.25) is 0 Å². The van der Waals surface area contributed by atoms with Gasteiger partial charge in [0.15, 0.2) is 5.69 Å². The van der Waals surface area contributed by atoms with Crippen LogP contribution in [0.3, 0.4) is 0 Å². The molecule has 0 radical (unpaired) electrons. The first-order chi connectivity index (χ1) is 11.2. The molecule has 0 bridgehead atoms. The second-order valence-corrected chi connectivity index (χ2v) is 5.63. The van der Waals surface area contributed by atoms with Gasteiger partial charge in [-0.2, -0.15) is 0 Å². The van der Waals surface area contributed by atoms with Crippen molar-refractivity contribution in [3.8, 4) is 5.75 Å². The Hall–Kier alpha value is -2.95. The number of para-hydroxylation sites is 1. The number of aliphatic imine (C=N–C) groups is 1. The third-order valence-corrected chi connectivity index (χ3v) is 4.39. The number of fused-ring (bicyclic) bond motifs is 4. The van der Waals surface area contributed by atoms with Gasteiger partial charge in [0.05, 0.1) is 18.8 Å². The second kappa shape index (κ2) is 5.05. The molecule has 0 amide bonds. The zero-order chi connectivity index (χ0) is 16.0. The lowest BCUT2D eigenvalue weighted by Crippen LogP contribution is -2.30. The maximum atomic E-state index is 11.0. The molecule has 2 aromatic rings. The first-order valence-electron chi connectivity index (χ1n) is 7.39. The van der Waals surface area contributed by atoms with Gasteiger partial charge in [-0.3, -0.25) is 4.99 Å². The Morgan fingerprint density at radius 1 is 1.35 bits per heavy atom. The summed E-state index contributed by atoms with van der Waals surface area (Å²) < 4.78 is 5.27. The summed E-state index contributed by atoms with van der Waals surface area (Å²) in [6.07, 6.45) is 2.81. The summed E-state index contributed by atoms with van der Waals surface area (Å²) in [5.74, 6) is 0.432. The average Bonchev–Trinajstić information content (AvgIpc) is 2.90. The number of nitrogens with zero attached hydrogens (tertiary/aromatic N) is 3. The van der Waals surface area contributed by atoms with Gasteiger partial charge in [0.2, 0.25) is 0 Å². The highest BCUT2D eigenvalue weighted by molar-refractivity contribution is 5.96. The van der Waals surface area contributed by atoms with Crippen LogP contribution in [0.15, 0.2) is 53.1 Å². The summed E-state index contributed by atoms with van der Waals surface area (Å²) in [6, 6.07) is 11.9. The maximum absolute atomic E-state index is 11.0. The summed E-state index contributed by atoms with van der Waals surface area (Å²) in [5, 5.41) is 3.02. The molecule has 0 saturated carbocycles. The smallest absolute Gasteiger partial charge is 0.152 e. The lowest BCUT2D eigenvalue weighted by Gasteiger charge is -2.26. The number of rotatable bonds is 2. The van der Waals surface area contributed by atoms with E-state index < -0.39 is 0 Å². The fraction of sp³-hybridized carbons (Fsp3) is 0.167. The lowest BCUT2D eigenvalue weighted by atomic mass is 10.1. The fourth-order valence-corrected chi connectivity index (χ4v) is 3.30. The Morgan fingerprint density at radius 3 is 2.96 bits per heavy atom.